The summed E-state index contributed by atoms with van der Waals surface area (Å²) in [6, 6.07) is 21.7. The zero-order valence-corrected chi connectivity index (χ0v) is 17.0. The summed E-state index contributed by atoms with van der Waals surface area (Å²) < 4.78 is 5.83. The Labute approximate surface area is 180 Å². The first-order valence-corrected chi connectivity index (χ1v) is 10.1. The second-order valence-corrected chi connectivity index (χ2v) is 7.44. The predicted octanol–water partition coefficient (Wildman–Crippen LogP) is 4.64. The van der Waals surface area contributed by atoms with Gasteiger partial charge in [-0.15, -0.1) is 0 Å². The van der Waals surface area contributed by atoms with Gasteiger partial charge >= 0.3 is 0 Å². The molecule has 2 N–H and O–H groups in total. The number of halogens is 1. The lowest BCUT2D eigenvalue weighted by molar-refractivity contribution is 0.0411. The summed E-state index contributed by atoms with van der Waals surface area (Å²) in [7, 11) is 0. The van der Waals surface area contributed by atoms with Crippen LogP contribution in [0.2, 0.25) is 5.02 Å². The van der Waals surface area contributed by atoms with Crippen molar-refractivity contribution in [3.63, 3.8) is 0 Å². The van der Waals surface area contributed by atoms with E-state index in [-0.39, 0.29) is 17.9 Å². The van der Waals surface area contributed by atoms with E-state index >= 15 is 0 Å². The molecule has 0 bridgehead atoms. The van der Waals surface area contributed by atoms with E-state index in [1.807, 2.05) is 18.2 Å². The van der Waals surface area contributed by atoms with Crippen LogP contribution >= 0.6 is 11.6 Å². The molecule has 152 valence electrons. The number of amides is 2. The number of ether oxygens (including phenoxy) is 1. The van der Waals surface area contributed by atoms with Crippen LogP contribution in [0.25, 0.3) is 0 Å². The van der Waals surface area contributed by atoms with Crippen molar-refractivity contribution < 1.29 is 14.3 Å². The third-order valence-corrected chi connectivity index (χ3v) is 5.39. The molecule has 0 fully saturated rings. The predicted molar refractivity (Wildman–Crippen MR) is 117 cm³/mol. The van der Waals surface area contributed by atoms with Gasteiger partial charge in [0.1, 0.15) is 6.10 Å². The number of rotatable bonds is 5. The van der Waals surface area contributed by atoms with Crippen molar-refractivity contribution in [2.45, 2.75) is 12.5 Å². The third-order valence-electron chi connectivity index (χ3n) is 5.06. The highest BCUT2D eigenvalue weighted by molar-refractivity contribution is 6.34. The minimum atomic E-state index is -0.300. The molecule has 0 aliphatic carbocycles. The van der Waals surface area contributed by atoms with Gasteiger partial charge in [0.25, 0.3) is 11.8 Å². The maximum atomic E-state index is 12.5. The van der Waals surface area contributed by atoms with Crippen molar-refractivity contribution in [2.24, 2.45) is 0 Å². The van der Waals surface area contributed by atoms with Gasteiger partial charge in [-0.25, -0.2) is 0 Å². The van der Waals surface area contributed by atoms with E-state index in [2.05, 4.69) is 16.7 Å². The third kappa shape index (κ3) is 4.53. The molecule has 2 amide bonds. The van der Waals surface area contributed by atoms with Gasteiger partial charge in [-0.3, -0.25) is 9.59 Å². The molecule has 1 heterocycles. The quantitative estimate of drug-likeness (QED) is 0.632. The number of carbonyl (C=O) groups excluding carboxylic acids is 2. The fraction of sp³-hybridized carbons (Fsp3) is 0.167. The molecule has 0 aromatic heterocycles. The van der Waals surface area contributed by atoms with E-state index in [1.165, 1.54) is 5.56 Å². The van der Waals surface area contributed by atoms with E-state index in [1.54, 1.807) is 48.5 Å². The zero-order valence-electron chi connectivity index (χ0n) is 16.2. The van der Waals surface area contributed by atoms with Gasteiger partial charge in [-0.2, -0.15) is 0 Å². The molecule has 1 unspecified atom stereocenters. The average molecular weight is 421 g/mol. The second kappa shape index (κ2) is 9.11. The summed E-state index contributed by atoms with van der Waals surface area (Å²) in [4.78, 5) is 24.9. The minimum Gasteiger partial charge on any atom is -0.371 e. The molecule has 6 heteroatoms. The van der Waals surface area contributed by atoms with Gasteiger partial charge in [0.2, 0.25) is 0 Å². The molecular weight excluding hydrogens is 400 g/mol. The number of carbonyl (C=O) groups is 2. The smallest absolute Gasteiger partial charge is 0.257 e. The highest BCUT2D eigenvalue weighted by Crippen LogP contribution is 2.26. The average Bonchev–Trinajstić information content (AvgIpc) is 2.78. The van der Waals surface area contributed by atoms with Crippen LogP contribution in [0.15, 0.2) is 72.8 Å². The molecule has 0 saturated heterocycles. The van der Waals surface area contributed by atoms with Crippen LogP contribution in [-0.2, 0) is 11.2 Å². The molecule has 30 heavy (non-hydrogen) atoms. The van der Waals surface area contributed by atoms with Crippen molar-refractivity contribution in [3.8, 4) is 0 Å². The number of benzene rings is 3. The lowest BCUT2D eigenvalue weighted by Crippen LogP contribution is -2.31. The Bertz CT molecular complexity index is 1070. The first kappa shape index (κ1) is 20.1. The normalized spacial score (nSPS) is 15.2. The Morgan fingerprint density at radius 2 is 1.67 bits per heavy atom. The molecule has 0 saturated carbocycles. The van der Waals surface area contributed by atoms with Crippen LogP contribution in [-0.4, -0.2) is 25.0 Å². The van der Waals surface area contributed by atoms with Crippen LogP contribution in [0.3, 0.4) is 0 Å². The summed E-state index contributed by atoms with van der Waals surface area (Å²) in [5.74, 6) is -0.489. The van der Waals surface area contributed by atoms with Gasteiger partial charge in [-0.1, -0.05) is 48.0 Å². The summed E-state index contributed by atoms with van der Waals surface area (Å²) in [6.45, 7) is 1.05. The van der Waals surface area contributed by atoms with Crippen molar-refractivity contribution in [1.29, 1.82) is 0 Å². The summed E-state index contributed by atoms with van der Waals surface area (Å²) >= 11 is 6.06. The monoisotopic (exact) mass is 420 g/mol. The van der Waals surface area contributed by atoms with E-state index in [9.17, 15) is 9.59 Å². The Morgan fingerprint density at radius 3 is 2.47 bits per heavy atom. The van der Waals surface area contributed by atoms with E-state index in [0.29, 0.717) is 35.0 Å². The van der Waals surface area contributed by atoms with Crippen LogP contribution < -0.4 is 10.6 Å². The number of fused-ring (bicyclic) bond motifs is 1. The number of hydrogen-bond donors (Lipinski definition) is 2. The van der Waals surface area contributed by atoms with Gasteiger partial charge in [0, 0.05) is 17.8 Å². The Morgan fingerprint density at radius 1 is 0.933 bits per heavy atom. The lowest BCUT2D eigenvalue weighted by Gasteiger charge is -2.26. The Kier molecular flexibility index (Phi) is 6.12. The zero-order chi connectivity index (χ0) is 20.9. The molecule has 4 rings (SSSR count). The van der Waals surface area contributed by atoms with Crippen molar-refractivity contribution in [2.75, 3.05) is 18.5 Å². The molecule has 0 radical (unpaired) electrons. The van der Waals surface area contributed by atoms with Gasteiger partial charge in [0.05, 0.1) is 17.2 Å². The lowest BCUT2D eigenvalue weighted by atomic mass is 9.97. The van der Waals surface area contributed by atoms with Crippen LogP contribution in [0.1, 0.15) is 37.9 Å². The molecular formula is C24H21ClN2O3. The number of hydrogen-bond acceptors (Lipinski definition) is 3. The van der Waals surface area contributed by atoms with Crippen LogP contribution in [0.5, 0.6) is 0 Å². The topological polar surface area (TPSA) is 67.4 Å². The maximum Gasteiger partial charge on any atom is 0.257 e. The Balaban J connectivity index is 1.36. The molecule has 1 aliphatic heterocycles. The number of anilines is 1. The SMILES string of the molecule is O=C(NCC1OCCc2ccccc21)c1ccc(NC(=O)c2ccccc2Cl)cc1. The van der Waals surface area contributed by atoms with Crippen LogP contribution in [0, 0.1) is 0 Å². The first-order chi connectivity index (χ1) is 14.6. The van der Waals surface area contributed by atoms with E-state index < -0.39 is 0 Å². The van der Waals surface area contributed by atoms with Crippen molar-refractivity contribution >= 4 is 29.1 Å². The van der Waals surface area contributed by atoms with E-state index in [4.69, 9.17) is 16.3 Å². The van der Waals surface area contributed by atoms with E-state index in [0.717, 1.165) is 12.0 Å². The molecule has 1 aliphatic rings. The molecule has 3 aromatic rings. The number of nitrogens with one attached hydrogen (secondary N) is 2. The van der Waals surface area contributed by atoms with Gasteiger partial charge in [0.15, 0.2) is 0 Å². The maximum absolute atomic E-state index is 12.5. The van der Waals surface area contributed by atoms with Gasteiger partial charge < -0.3 is 15.4 Å². The molecule has 0 spiro atoms. The van der Waals surface area contributed by atoms with Crippen molar-refractivity contribution in [1.82, 2.24) is 5.32 Å². The van der Waals surface area contributed by atoms with Gasteiger partial charge in [-0.05, 0) is 53.9 Å². The first-order valence-electron chi connectivity index (χ1n) is 9.75. The summed E-state index contributed by atoms with van der Waals surface area (Å²) in [5.41, 5.74) is 3.88. The molecule has 1 atom stereocenters. The molecule has 5 nitrogen and oxygen atoms in total. The standard InChI is InChI=1S/C24H21ClN2O3/c25-21-8-4-3-7-20(21)24(29)27-18-11-9-17(10-12-18)23(28)26-15-22-19-6-2-1-5-16(19)13-14-30-22/h1-12,22H,13-15H2,(H,26,28)(H,27,29). The largest absolute Gasteiger partial charge is 0.371 e. The summed E-state index contributed by atoms with van der Waals surface area (Å²) in [5, 5.41) is 6.11. The van der Waals surface area contributed by atoms with Crippen LogP contribution in [0.4, 0.5) is 5.69 Å². The Hall–Kier alpha value is -3.15. The highest BCUT2D eigenvalue weighted by atomic mass is 35.5. The second-order valence-electron chi connectivity index (χ2n) is 7.03. The highest BCUT2D eigenvalue weighted by Gasteiger charge is 2.21. The fourth-order valence-corrected chi connectivity index (χ4v) is 3.70. The minimum absolute atomic E-state index is 0.145. The summed E-state index contributed by atoms with van der Waals surface area (Å²) in [6.07, 6.45) is 0.746. The van der Waals surface area contributed by atoms with Crippen molar-refractivity contribution in [3.05, 3.63) is 100 Å². The fourth-order valence-electron chi connectivity index (χ4n) is 3.48. The molecule has 3 aromatic carbocycles.